The summed E-state index contributed by atoms with van der Waals surface area (Å²) in [7, 11) is 1.43. The second-order valence-corrected chi connectivity index (χ2v) is 3.87. The lowest BCUT2D eigenvalue weighted by atomic mass is 9.92. The van der Waals surface area contributed by atoms with Crippen LogP contribution < -0.4 is 5.32 Å². The van der Waals surface area contributed by atoms with Crippen LogP contribution in [0.5, 0.6) is 0 Å². The quantitative estimate of drug-likeness (QED) is 0.700. The monoisotopic (exact) mass is 205 g/mol. The van der Waals surface area contributed by atoms with Gasteiger partial charge in [-0.1, -0.05) is 18.2 Å². The number of nitrogens with one attached hydrogen (secondary N) is 1. The van der Waals surface area contributed by atoms with Gasteiger partial charge >= 0.3 is 5.97 Å². The number of methoxy groups -OCH3 is 1. The normalized spacial score (nSPS) is 19.5. The van der Waals surface area contributed by atoms with E-state index in [2.05, 4.69) is 24.4 Å². The summed E-state index contributed by atoms with van der Waals surface area (Å²) in [4.78, 5) is 11.4. The lowest BCUT2D eigenvalue weighted by molar-refractivity contribution is -0.143. The van der Waals surface area contributed by atoms with E-state index in [1.807, 2.05) is 6.07 Å². The smallest absolute Gasteiger partial charge is 0.323 e. The van der Waals surface area contributed by atoms with Crippen LogP contribution in [-0.4, -0.2) is 19.1 Å². The minimum atomic E-state index is -0.191. The molecule has 0 spiro atoms. The second-order valence-electron chi connectivity index (χ2n) is 3.87. The Hall–Kier alpha value is -1.35. The number of hydrogen-bond acceptors (Lipinski definition) is 3. The van der Waals surface area contributed by atoms with Crippen molar-refractivity contribution >= 4 is 5.97 Å². The zero-order chi connectivity index (χ0) is 10.8. The van der Waals surface area contributed by atoms with E-state index in [1.165, 1.54) is 23.8 Å². The summed E-state index contributed by atoms with van der Waals surface area (Å²) >= 11 is 0. The highest BCUT2D eigenvalue weighted by molar-refractivity contribution is 5.76. The van der Waals surface area contributed by atoms with E-state index in [0.29, 0.717) is 0 Å². The molecule has 0 aromatic heterocycles. The van der Waals surface area contributed by atoms with Gasteiger partial charge in [0.05, 0.1) is 7.11 Å². The van der Waals surface area contributed by atoms with Crippen molar-refractivity contribution in [2.24, 2.45) is 0 Å². The molecule has 0 saturated carbocycles. The van der Waals surface area contributed by atoms with Gasteiger partial charge in [-0.2, -0.15) is 0 Å². The Morgan fingerprint density at radius 3 is 3.07 bits per heavy atom. The summed E-state index contributed by atoms with van der Waals surface area (Å²) < 4.78 is 4.74. The standard InChI is InChI=1S/C12H15NO2/c1-8-4-3-5-9-7-13-11(6-10(8)9)12(14)15-2/h3-5,11,13H,6-7H2,1-2H3/t11-/m0/s1. The predicted molar refractivity (Wildman–Crippen MR) is 57.5 cm³/mol. The molecule has 3 heteroatoms. The average molecular weight is 205 g/mol. The Morgan fingerprint density at radius 1 is 1.53 bits per heavy atom. The third-order valence-corrected chi connectivity index (χ3v) is 2.94. The largest absolute Gasteiger partial charge is 0.468 e. The van der Waals surface area contributed by atoms with E-state index in [-0.39, 0.29) is 12.0 Å². The van der Waals surface area contributed by atoms with Crippen LogP contribution in [0, 0.1) is 6.92 Å². The third kappa shape index (κ3) is 1.88. The summed E-state index contributed by atoms with van der Waals surface area (Å²) in [6.45, 7) is 2.83. The van der Waals surface area contributed by atoms with Crippen molar-refractivity contribution in [2.75, 3.05) is 7.11 Å². The summed E-state index contributed by atoms with van der Waals surface area (Å²) in [5, 5.41) is 3.18. The SMILES string of the molecule is COC(=O)[C@@H]1Cc2c(C)cccc2CN1. The Bertz CT molecular complexity index is 387. The van der Waals surface area contributed by atoms with Crippen LogP contribution in [0.25, 0.3) is 0 Å². The van der Waals surface area contributed by atoms with Crippen molar-refractivity contribution in [3.05, 3.63) is 34.9 Å². The van der Waals surface area contributed by atoms with Crippen LogP contribution in [0.1, 0.15) is 16.7 Å². The molecule has 1 aromatic rings. The molecule has 1 heterocycles. The van der Waals surface area contributed by atoms with Crippen LogP contribution in [0.3, 0.4) is 0 Å². The lowest BCUT2D eigenvalue weighted by Gasteiger charge is -2.25. The van der Waals surface area contributed by atoms with Crippen molar-refractivity contribution in [2.45, 2.75) is 25.9 Å². The highest BCUT2D eigenvalue weighted by Gasteiger charge is 2.25. The van der Waals surface area contributed by atoms with Gasteiger partial charge in [0.15, 0.2) is 0 Å². The molecule has 80 valence electrons. The number of ether oxygens (including phenoxy) is 1. The summed E-state index contributed by atoms with van der Waals surface area (Å²) in [5.41, 5.74) is 3.82. The van der Waals surface area contributed by atoms with Crippen LogP contribution in [0.15, 0.2) is 18.2 Å². The maximum atomic E-state index is 11.4. The number of esters is 1. The van der Waals surface area contributed by atoms with Crippen molar-refractivity contribution in [3.63, 3.8) is 0 Å². The van der Waals surface area contributed by atoms with E-state index in [1.54, 1.807) is 0 Å². The number of rotatable bonds is 1. The fourth-order valence-electron chi connectivity index (χ4n) is 2.04. The molecular weight excluding hydrogens is 190 g/mol. The maximum absolute atomic E-state index is 11.4. The molecule has 2 rings (SSSR count). The molecule has 15 heavy (non-hydrogen) atoms. The molecule has 0 bridgehead atoms. The van der Waals surface area contributed by atoms with Gasteiger partial charge < -0.3 is 10.1 Å². The van der Waals surface area contributed by atoms with Crippen LogP contribution in [-0.2, 0) is 22.5 Å². The van der Waals surface area contributed by atoms with E-state index in [9.17, 15) is 4.79 Å². The molecule has 0 saturated heterocycles. The third-order valence-electron chi connectivity index (χ3n) is 2.94. The molecule has 1 aliphatic rings. The first-order valence-corrected chi connectivity index (χ1v) is 5.11. The van der Waals surface area contributed by atoms with Crippen molar-refractivity contribution in [3.8, 4) is 0 Å². The topological polar surface area (TPSA) is 38.3 Å². The van der Waals surface area contributed by atoms with Gasteiger partial charge in [0.25, 0.3) is 0 Å². The van der Waals surface area contributed by atoms with E-state index < -0.39 is 0 Å². The van der Waals surface area contributed by atoms with E-state index in [4.69, 9.17) is 4.74 Å². The van der Waals surface area contributed by atoms with Gasteiger partial charge in [0.2, 0.25) is 0 Å². The molecule has 0 fully saturated rings. The minimum absolute atomic E-state index is 0.177. The molecule has 1 aliphatic heterocycles. The fourth-order valence-corrected chi connectivity index (χ4v) is 2.04. The molecule has 3 nitrogen and oxygen atoms in total. The van der Waals surface area contributed by atoms with Gasteiger partial charge in [0.1, 0.15) is 6.04 Å². The Labute approximate surface area is 89.4 Å². The summed E-state index contributed by atoms with van der Waals surface area (Å²) in [6, 6.07) is 6.04. The van der Waals surface area contributed by atoms with E-state index in [0.717, 1.165) is 13.0 Å². The minimum Gasteiger partial charge on any atom is -0.468 e. The fraction of sp³-hybridized carbons (Fsp3) is 0.417. The number of aryl methyl sites for hydroxylation is 1. The maximum Gasteiger partial charge on any atom is 0.323 e. The Morgan fingerprint density at radius 2 is 2.33 bits per heavy atom. The number of carbonyl (C=O) groups is 1. The first kappa shape index (κ1) is 10.2. The van der Waals surface area contributed by atoms with Gasteiger partial charge in [-0.05, 0) is 30.0 Å². The van der Waals surface area contributed by atoms with Crippen LogP contribution in [0.2, 0.25) is 0 Å². The zero-order valence-corrected chi connectivity index (χ0v) is 9.04. The highest BCUT2D eigenvalue weighted by atomic mass is 16.5. The first-order chi connectivity index (χ1) is 7.22. The first-order valence-electron chi connectivity index (χ1n) is 5.11. The molecule has 1 atom stereocenters. The molecule has 0 aliphatic carbocycles. The van der Waals surface area contributed by atoms with Crippen LogP contribution >= 0.6 is 0 Å². The van der Waals surface area contributed by atoms with E-state index >= 15 is 0 Å². The number of benzene rings is 1. The Kier molecular flexibility index (Phi) is 2.73. The molecular formula is C12H15NO2. The van der Waals surface area contributed by atoms with Gasteiger partial charge in [-0.25, -0.2) is 0 Å². The van der Waals surface area contributed by atoms with Crippen molar-refractivity contribution in [1.29, 1.82) is 0 Å². The number of carbonyl (C=O) groups excluding carboxylic acids is 1. The number of hydrogen-bond donors (Lipinski definition) is 1. The van der Waals surface area contributed by atoms with Crippen LogP contribution in [0.4, 0.5) is 0 Å². The number of fused-ring (bicyclic) bond motifs is 1. The zero-order valence-electron chi connectivity index (χ0n) is 9.04. The van der Waals surface area contributed by atoms with Crippen molar-refractivity contribution < 1.29 is 9.53 Å². The molecule has 0 unspecified atom stereocenters. The van der Waals surface area contributed by atoms with Crippen molar-refractivity contribution in [1.82, 2.24) is 5.32 Å². The lowest BCUT2D eigenvalue weighted by Crippen LogP contribution is -2.42. The second kappa shape index (κ2) is 4.03. The summed E-state index contributed by atoms with van der Waals surface area (Å²) in [5.74, 6) is -0.177. The highest BCUT2D eigenvalue weighted by Crippen LogP contribution is 2.20. The average Bonchev–Trinajstić information content (AvgIpc) is 2.28. The van der Waals surface area contributed by atoms with Gasteiger partial charge in [-0.15, -0.1) is 0 Å². The predicted octanol–water partition coefficient (Wildman–Crippen LogP) is 1.18. The van der Waals surface area contributed by atoms with Gasteiger partial charge in [-0.3, -0.25) is 4.79 Å². The molecule has 0 amide bonds. The molecule has 1 N–H and O–H groups in total. The van der Waals surface area contributed by atoms with Gasteiger partial charge in [0, 0.05) is 6.54 Å². The molecule has 1 aromatic carbocycles. The summed E-state index contributed by atoms with van der Waals surface area (Å²) in [6.07, 6.45) is 0.731. The molecule has 0 radical (unpaired) electrons. The Balaban J connectivity index is 2.26.